The minimum atomic E-state index is 1.11. The van der Waals surface area contributed by atoms with Gasteiger partial charge in [0.15, 0.2) is 0 Å². The molecule has 0 bridgehead atoms. The van der Waals surface area contributed by atoms with E-state index in [4.69, 9.17) is 0 Å². The Hall–Kier alpha value is -6.70. The fraction of sp³-hybridized carbons (Fsp3) is 0. The Balaban J connectivity index is 1.24. The zero-order valence-corrected chi connectivity index (χ0v) is 28.0. The van der Waals surface area contributed by atoms with Gasteiger partial charge < -0.3 is 4.90 Å². The molecule has 10 aromatic carbocycles. The van der Waals surface area contributed by atoms with E-state index in [0.717, 1.165) is 17.1 Å². The fourth-order valence-electron chi connectivity index (χ4n) is 8.05. The molecule has 0 aromatic heterocycles. The van der Waals surface area contributed by atoms with Crippen LogP contribution in [-0.2, 0) is 0 Å². The molecule has 0 unspecified atom stereocenters. The Bertz CT molecular complexity index is 2900. The molecule has 0 spiro atoms. The third-order valence-electron chi connectivity index (χ3n) is 10.4. The minimum Gasteiger partial charge on any atom is -0.309 e. The van der Waals surface area contributed by atoms with Crippen molar-refractivity contribution >= 4 is 70.9 Å². The molecule has 0 fully saturated rings. The van der Waals surface area contributed by atoms with Gasteiger partial charge >= 0.3 is 0 Å². The molecule has 0 heterocycles. The van der Waals surface area contributed by atoms with Crippen molar-refractivity contribution in [2.24, 2.45) is 0 Å². The van der Waals surface area contributed by atoms with Crippen molar-refractivity contribution in [1.29, 1.82) is 0 Å². The molecule has 0 aliphatic heterocycles. The van der Waals surface area contributed by atoms with E-state index < -0.39 is 0 Å². The highest BCUT2D eigenvalue weighted by Crippen LogP contribution is 2.47. The van der Waals surface area contributed by atoms with Gasteiger partial charge in [-0.2, -0.15) is 0 Å². The van der Waals surface area contributed by atoms with Crippen LogP contribution in [0.4, 0.5) is 17.1 Å². The summed E-state index contributed by atoms with van der Waals surface area (Å²) in [6, 6.07) is 73.1. The Morgan fingerprint density at radius 3 is 1.55 bits per heavy atom. The molecule has 10 rings (SSSR count). The molecular weight excluding hydrogens is 615 g/mol. The smallest absolute Gasteiger partial charge is 0.0546 e. The number of para-hydroxylation sites is 1. The summed E-state index contributed by atoms with van der Waals surface area (Å²) in [6.07, 6.45) is 0. The largest absolute Gasteiger partial charge is 0.309 e. The summed E-state index contributed by atoms with van der Waals surface area (Å²) in [5.74, 6) is 0. The predicted octanol–water partition coefficient (Wildman–Crippen LogP) is 14.3. The van der Waals surface area contributed by atoms with Crippen LogP contribution < -0.4 is 4.90 Å². The lowest BCUT2D eigenvalue weighted by atomic mass is 9.93. The van der Waals surface area contributed by atoms with Gasteiger partial charge in [0.05, 0.1) is 11.4 Å². The highest BCUT2D eigenvalue weighted by molar-refractivity contribution is 6.21. The number of benzene rings is 10. The highest BCUT2D eigenvalue weighted by atomic mass is 15.1. The Kier molecular flexibility index (Phi) is 6.89. The number of hydrogen-bond donors (Lipinski definition) is 0. The van der Waals surface area contributed by atoms with Gasteiger partial charge in [-0.15, -0.1) is 0 Å². The zero-order chi connectivity index (χ0) is 33.7. The van der Waals surface area contributed by atoms with Gasteiger partial charge in [-0.05, 0) is 95.5 Å². The predicted molar refractivity (Wildman–Crippen MR) is 220 cm³/mol. The van der Waals surface area contributed by atoms with Crippen LogP contribution in [0.2, 0.25) is 0 Å². The Morgan fingerprint density at radius 2 is 0.784 bits per heavy atom. The second-order valence-electron chi connectivity index (χ2n) is 13.3. The third kappa shape index (κ3) is 4.86. The maximum Gasteiger partial charge on any atom is 0.0546 e. The van der Waals surface area contributed by atoms with Gasteiger partial charge in [-0.3, -0.25) is 0 Å². The second kappa shape index (κ2) is 12.0. The van der Waals surface area contributed by atoms with E-state index >= 15 is 0 Å². The first-order valence-corrected chi connectivity index (χ1v) is 17.6. The summed E-state index contributed by atoms with van der Waals surface area (Å²) >= 11 is 0. The lowest BCUT2D eigenvalue weighted by Crippen LogP contribution is -2.12. The van der Waals surface area contributed by atoms with E-state index in [0.29, 0.717) is 0 Å². The first kappa shape index (κ1) is 29.2. The van der Waals surface area contributed by atoms with Crippen LogP contribution in [0.3, 0.4) is 0 Å². The number of anilines is 3. The first-order chi connectivity index (χ1) is 25.3. The first-order valence-electron chi connectivity index (χ1n) is 17.6. The maximum absolute atomic E-state index is 2.47. The van der Waals surface area contributed by atoms with Crippen molar-refractivity contribution in [3.05, 3.63) is 200 Å². The van der Waals surface area contributed by atoms with Crippen LogP contribution in [0.1, 0.15) is 0 Å². The summed E-state index contributed by atoms with van der Waals surface area (Å²) in [5.41, 5.74) is 8.22. The number of nitrogens with zero attached hydrogens (tertiary/aromatic N) is 1. The van der Waals surface area contributed by atoms with Crippen molar-refractivity contribution in [3.63, 3.8) is 0 Å². The van der Waals surface area contributed by atoms with Crippen LogP contribution in [-0.4, -0.2) is 0 Å². The summed E-state index contributed by atoms with van der Waals surface area (Å²) < 4.78 is 0. The maximum atomic E-state index is 2.47. The average Bonchev–Trinajstić information content (AvgIpc) is 3.21. The molecule has 51 heavy (non-hydrogen) atoms. The molecule has 0 atom stereocenters. The zero-order valence-electron chi connectivity index (χ0n) is 28.0. The van der Waals surface area contributed by atoms with Crippen LogP contribution >= 0.6 is 0 Å². The molecule has 0 saturated carbocycles. The van der Waals surface area contributed by atoms with Crippen molar-refractivity contribution in [2.75, 3.05) is 4.90 Å². The third-order valence-corrected chi connectivity index (χ3v) is 10.4. The van der Waals surface area contributed by atoms with Gasteiger partial charge in [-0.1, -0.05) is 170 Å². The molecule has 1 nitrogen and oxygen atoms in total. The average molecular weight is 648 g/mol. The number of hydrogen-bond acceptors (Lipinski definition) is 1. The number of fused-ring (bicyclic) bond motifs is 8. The van der Waals surface area contributed by atoms with Crippen LogP contribution in [0.5, 0.6) is 0 Å². The van der Waals surface area contributed by atoms with Gasteiger partial charge in [0, 0.05) is 16.6 Å². The van der Waals surface area contributed by atoms with Gasteiger partial charge in [0.2, 0.25) is 0 Å². The molecule has 0 radical (unpaired) electrons. The fourth-order valence-corrected chi connectivity index (χ4v) is 8.05. The molecule has 0 amide bonds. The van der Waals surface area contributed by atoms with E-state index in [1.807, 2.05) is 0 Å². The molecule has 1 heteroatoms. The molecule has 0 N–H and O–H groups in total. The summed E-state index contributed by atoms with van der Waals surface area (Å²) in [7, 11) is 0. The molecule has 10 aromatic rings. The van der Waals surface area contributed by atoms with Crippen LogP contribution in [0, 0.1) is 0 Å². The second-order valence-corrected chi connectivity index (χ2v) is 13.3. The SMILES string of the molecule is c1ccc(-c2ccccc2N(c2ccc(-c3cc4ccccc4c4ccccc34)cc2)c2cc3c4ccccc4ccc3c3ccccc23)cc1. The molecule has 238 valence electrons. The van der Waals surface area contributed by atoms with Gasteiger partial charge in [0.1, 0.15) is 0 Å². The summed E-state index contributed by atoms with van der Waals surface area (Å²) in [5, 5.41) is 12.6. The Morgan fingerprint density at radius 1 is 0.255 bits per heavy atom. The van der Waals surface area contributed by atoms with E-state index in [9.17, 15) is 0 Å². The molecule has 0 aliphatic carbocycles. The summed E-state index contributed by atoms with van der Waals surface area (Å²) in [4.78, 5) is 2.47. The molecule has 0 aliphatic rings. The minimum absolute atomic E-state index is 1.11. The lowest BCUT2D eigenvalue weighted by Gasteiger charge is -2.30. The summed E-state index contributed by atoms with van der Waals surface area (Å²) in [6.45, 7) is 0. The lowest BCUT2D eigenvalue weighted by molar-refractivity contribution is 1.30. The van der Waals surface area contributed by atoms with Crippen molar-refractivity contribution < 1.29 is 0 Å². The van der Waals surface area contributed by atoms with E-state index in [1.54, 1.807) is 0 Å². The topological polar surface area (TPSA) is 3.24 Å². The van der Waals surface area contributed by atoms with Crippen molar-refractivity contribution in [3.8, 4) is 22.3 Å². The van der Waals surface area contributed by atoms with Crippen LogP contribution in [0.15, 0.2) is 200 Å². The van der Waals surface area contributed by atoms with Crippen LogP contribution in [0.25, 0.3) is 76.1 Å². The van der Waals surface area contributed by atoms with Gasteiger partial charge in [-0.25, -0.2) is 0 Å². The van der Waals surface area contributed by atoms with E-state index in [2.05, 4.69) is 205 Å². The normalized spacial score (nSPS) is 11.5. The molecular formula is C50H33N. The van der Waals surface area contributed by atoms with E-state index in [-0.39, 0.29) is 0 Å². The van der Waals surface area contributed by atoms with E-state index in [1.165, 1.54) is 76.1 Å². The van der Waals surface area contributed by atoms with Crippen molar-refractivity contribution in [1.82, 2.24) is 0 Å². The quantitative estimate of drug-likeness (QED) is 0.168. The standard InChI is InChI=1S/C50H33N/c1-2-14-34(15-3-1)41-20-12-13-25-49(41)51(50-33-48-39-18-6-4-16-35(39)28-31-45(48)43-22-10-11-24-46(43)50)38-29-26-36(27-30-38)47-32-37-17-5-7-19-40(37)42-21-8-9-23-44(42)47/h1-33H. The number of rotatable bonds is 5. The highest BCUT2D eigenvalue weighted by Gasteiger charge is 2.21. The van der Waals surface area contributed by atoms with Gasteiger partial charge in [0.25, 0.3) is 0 Å². The monoisotopic (exact) mass is 647 g/mol. The van der Waals surface area contributed by atoms with Crippen molar-refractivity contribution in [2.45, 2.75) is 0 Å². The molecule has 0 saturated heterocycles. The Labute approximate surface area is 297 Å².